The van der Waals surface area contributed by atoms with Crippen molar-refractivity contribution in [3.8, 4) is 0 Å². The van der Waals surface area contributed by atoms with Crippen molar-refractivity contribution in [2.45, 2.75) is 37.6 Å². The van der Waals surface area contributed by atoms with Gasteiger partial charge in [-0.15, -0.1) is 0 Å². The standard InChI is InChI=1S/C13H15ClFNO/c14-10-4-3-5-11(15)9(10)8-12(17)13(16)6-1-2-7-13/h3-5H,1-2,6-8,16H2. The normalized spacial score (nSPS) is 18.3. The molecular formula is C13H15ClFNO. The van der Waals surface area contributed by atoms with Gasteiger partial charge < -0.3 is 5.73 Å². The highest BCUT2D eigenvalue weighted by molar-refractivity contribution is 6.31. The Hall–Kier alpha value is -0.930. The van der Waals surface area contributed by atoms with Gasteiger partial charge in [-0.2, -0.15) is 0 Å². The number of rotatable bonds is 3. The molecule has 92 valence electrons. The molecule has 4 heteroatoms. The van der Waals surface area contributed by atoms with Crippen molar-refractivity contribution in [1.82, 2.24) is 0 Å². The molecule has 0 bridgehead atoms. The molecule has 1 fully saturated rings. The maximum Gasteiger partial charge on any atom is 0.157 e. The quantitative estimate of drug-likeness (QED) is 0.903. The van der Waals surface area contributed by atoms with E-state index in [9.17, 15) is 9.18 Å². The second-order valence-corrected chi connectivity index (χ2v) is 5.07. The summed E-state index contributed by atoms with van der Waals surface area (Å²) >= 11 is 5.89. The van der Waals surface area contributed by atoms with Crippen molar-refractivity contribution in [3.05, 3.63) is 34.6 Å². The zero-order chi connectivity index (χ0) is 12.5. The lowest BCUT2D eigenvalue weighted by Gasteiger charge is -2.22. The first kappa shape index (κ1) is 12.5. The van der Waals surface area contributed by atoms with Crippen LogP contribution in [0.2, 0.25) is 5.02 Å². The van der Waals surface area contributed by atoms with E-state index in [0.29, 0.717) is 17.9 Å². The highest BCUT2D eigenvalue weighted by atomic mass is 35.5. The number of halogens is 2. The van der Waals surface area contributed by atoms with Crippen molar-refractivity contribution < 1.29 is 9.18 Å². The Morgan fingerprint density at radius 1 is 1.41 bits per heavy atom. The highest BCUT2D eigenvalue weighted by Gasteiger charge is 2.36. The molecule has 1 aromatic carbocycles. The number of ketones is 1. The summed E-state index contributed by atoms with van der Waals surface area (Å²) in [5.74, 6) is -0.547. The van der Waals surface area contributed by atoms with Crippen LogP contribution in [0.4, 0.5) is 4.39 Å². The van der Waals surface area contributed by atoms with Crippen molar-refractivity contribution in [2.24, 2.45) is 5.73 Å². The van der Waals surface area contributed by atoms with Crippen molar-refractivity contribution in [1.29, 1.82) is 0 Å². The summed E-state index contributed by atoms with van der Waals surface area (Å²) in [5, 5.41) is 0.292. The summed E-state index contributed by atoms with van der Waals surface area (Å²) < 4.78 is 13.5. The third-order valence-corrected chi connectivity index (χ3v) is 3.80. The first-order chi connectivity index (χ1) is 8.03. The molecule has 2 rings (SSSR count). The van der Waals surface area contributed by atoms with E-state index in [2.05, 4.69) is 0 Å². The van der Waals surface area contributed by atoms with Gasteiger partial charge in [-0.1, -0.05) is 30.5 Å². The molecule has 0 aromatic heterocycles. The van der Waals surface area contributed by atoms with Crippen LogP contribution < -0.4 is 5.73 Å². The number of carbonyl (C=O) groups excluding carboxylic acids is 1. The van der Waals surface area contributed by atoms with E-state index in [4.69, 9.17) is 17.3 Å². The molecule has 0 atom stereocenters. The van der Waals surface area contributed by atoms with Gasteiger partial charge in [-0.25, -0.2) is 4.39 Å². The molecule has 1 saturated carbocycles. The summed E-state index contributed by atoms with van der Waals surface area (Å²) in [6.07, 6.45) is 3.30. The molecule has 0 amide bonds. The fourth-order valence-corrected chi connectivity index (χ4v) is 2.55. The topological polar surface area (TPSA) is 43.1 Å². The maximum atomic E-state index is 13.5. The zero-order valence-corrected chi connectivity index (χ0v) is 10.3. The molecule has 2 nitrogen and oxygen atoms in total. The van der Waals surface area contributed by atoms with Gasteiger partial charge in [0.25, 0.3) is 0 Å². The lowest BCUT2D eigenvalue weighted by molar-refractivity contribution is -0.123. The Balaban J connectivity index is 2.18. The lowest BCUT2D eigenvalue weighted by atomic mass is 9.89. The van der Waals surface area contributed by atoms with Crippen LogP contribution in [0.1, 0.15) is 31.2 Å². The minimum Gasteiger partial charge on any atom is -0.319 e. The Bertz CT molecular complexity index is 421. The Labute approximate surface area is 105 Å². The SMILES string of the molecule is NC1(C(=O)Cc2c(F)cccc2Cl)CCCC1. The Kier molecular flexibility index (Phi) is 3.50. The molecule has 2 N–H and O–H groups in total. The molecule has 1 aliphatic carbocycles. The lowest BCUT2D eigenvalue weighted by Crippen LogP contribution is -2.46. The fourth-order valence-electron chi connectivity index (χ4n) is 2.32. The third kappa shape index (κ3) is 2.50. The predicted molar refractivity (Wildman–Crippen MR) is 65.5 cm³/mol. The van der Waals surface area contributed by atoms with Gasteiger partial charge in [0.2, 0.25) is 0 Å². The minimum atomic E-state index is -0.772. The van der Waals surface area contributed by atoms with E-state index < -0.39 is 11.4 Å². The summed E-state index contributed by atoms with van der Waals surface area (Å²) in [6, 6.07) is 4.43. The molecule has 0 unspecified atom stereocenters. The smallest absolute Gasteiger partial charge is 0.157 e. The number of benzene rings is 1. The van der Waals surface area contributed by atoms with E-state index in [-0.39, 0.29) is 17.8 Å². The number of Topliss-reactive ketones (excluding diaryl/α,β-unsaturated/α-hetero) is 1. The Morgan fingerprint density at radius 2 is 2.06 bits per heavy atom. The van der Waals surface area contributed by atoms with Crippen LogP contribution in [-0.4, -0.2) is 11.3 Å². The molecule has 17 heavy (non-hydrogen) atoms. The fraction of sp³-hybridized carbons (Fsp3) is 0.462. The first-order valence-electron chi connectivity index (χ1n) is 5.78. The first-order valence-corrected chi connectivity index (χ1v) is 6.16. The van der Waals surface area contributed by atoms with Crippen LogP contribution in [0.3, 0.4) is 0 Å². The summed E-state index contributed by atoms with van der Waals surface area (Å²) in [7, 11) is 0. The van der Waals surface area contributed by atoms with E-state index >= 15 is 0 Å². The number of hydrogen-bond acceptors (Lipinski definition) is 2. The van der Waals surface area contributed by atoms with Gasteiger partial charge in [-0.3, -0.25) is 4.79 Å². The number of hydrogen-bond donors (Lipinski definition) is 1. The molecule has 0 radical (unpaired) electrons. The van der Waals surface area contributed by atoms with Crippen LogP contribution in [0.5, 0.6) is 0 Å². The second kappa shape index (κ2) is 4.75. The molecule has 0 heterocycles. The third-order valence-electron chi connectivity index (χ3n) is 3.45. The predicted octanol–water partition coefficient (Wildman–Crippen LogP) is 2.86. The number of carbonyl (C=O) groups is 1. The van der Waals surface area contributed by atoms with Crippen LogP contribution in [0.15, 0.2) is 18.2 Å². The van der Waals surface area contributed by atoms with Gasteiger partial charge >= 0.3 is 0 Å². The van der Waals surface area contributed by atoms with Crippen molar-refractivity contribution in [3.63, 3.8) is 0 Å². The van der Waals surface area contributed by atoms with Crippen LogP contribution in [-0.2, 0) is 11.2 Å². The monoisotopic (exact) mass is 255 g/mol. The van der Waals surface area contributed by atoms with Crippen molar-refractivity contribution >= 4 is 17.4 Å². The van der Waals surface area contributed by atoms with E-state index in [0.717, 1.165) is 12.8 Å². The molecule has 0 aliphatic heterocycles. The van der Waals surface area contributed by atoms with Crippen molar-refractivity contribution in [2.75, 3.05) is 0 Å². The van der Waals surface area contributed by atoms with E-state index in [1.807, 2.05) is 0 Å². The maximum absolute atomic E-state index is 13.5. The molecule has 1 aromatic rings. The largest absolute Gasteiger partial charge is 0.319 e. The molecular weight excluding hydrogens is 241 g/mol. The van der Waals surface area contributed by atoms with Gasteiger partial charge in [0.15, 0.2) is 5.78 Å². The van der Waals surface area contributed by atoms with Crippen LogP contribution in [0, 0.1) is 5.82 Å². The zero-order valence-electron chi connectivity index (χ0n) is 9.51. The van der Waals surface area contributed by atoms with Gasteiger partial charge in [0.1, 0.15) is 5.82 Å². The summed E-state index contributed by atoms with van der Waals surface area (Å²) in [4.78, 5) is 12.1. The molecule has 0 spiro atoms. The number of nitrogens with two attached hydrogens (primary N) is 1. The van der Waals surface area contributed by atoms with Gasteiger partial charge in [-0.05, 0) is 25.0 Å². The van der Waals surface area contributed by atoms with Crippen LogP contribution >= 0.6 is 11.6 Å². The van der Waals surface area contributed by atoms with E-state index in [1.54, 1.807) is 6.07 Å². The van der Waals surface area contributed by atoms with E-state index in [1.165, 1.54) is 12.1 Å². The minimum absolute atomic E-state index is 0.0119. The Morgan fingerprint density at radius 3 is 2.65 bits per heavy atom. The second-order valence-electron chi connectivity index (χ2n) is 4.66. The molecule has 1 aliphatic rings. The van der Waals surface area contributed by atoms with Gasteiger partial charge in [0.05, 0.1) is 5.54 Å². The summed E-state index contributed by atoms with van der Waals surface area (Å²) in [5.41, 5.74) is 5.52. The average molecular weight is 256 g/mol. The molecule has 0 saturated heterocycles. The van der Waals surface area contributed by atoms with Gasteiger partial charge in [0, 0.05) is 17.0 Å². The summed E-state index contributed by atoms with van der Waals surface area (Å²) in [6.45, 7) is 0. The highest BCUT2D eigenvalue weighted by Crippen LogP contribution is 2.30. The average Bonchev–Trinajstić information content (AvgIpc) is 2.72. The van der Waals surface area contributed by atoms with Crippen LogP contribution in [0.25, 0.3) is 0 Å².